The van der Waals surface area contributed by atoms with Crippen LogP contribution in [0.2, 0.25) is 0 Å². The van der Waals surface area contributed by atoms with Gasteiger partial charge in [-0.3, -0.25) is 14.4 Å². The summed E-state index contributed by atoms with van der Waals surface area (Å²) in [6, 6.07) is 14.1. The highest BCUT2D eigenvalue weighted by molar-refractivity contribution is 5.89. The first-order chi connectivity index (χ1) is 18.1. The average Bonchev–Trinajstić information content (AvgIpc) is 3.04. The van der Waals surface area contributed by atoms with Crippen LogP contribution in [0, 0.1) is 0 Å². The minimum atomic E-state index is -4.48. The highest BCUT2D eigenvalue weighted by atomic mass is 19.4. The van der Waals surface area contributed by atoms with Crippen molar-refractivity contribution in [1.29, 1.82) is 0 Å². The summed E-state index contributed by atoms with van der Waals surface area (Å²) in [6.45, 7) is 0.228. The van der Waals surface area contributed by atoms with Gasteiger partial charge in [0.15, 0.2) is 0 Å². The van der Waals surface area contributed by atoms with Crippen molar-refractivity contribution >= 4 is 17.7 Å². The molecule has 0 radical (unpaired) electrons. The highest BCUT2D eigenvalue weighted by Crippen LogP contribution is 2.30. The largest absolute Gasteiger partial charge is 0.416 e. The van der Waals surface area contributed by atoms with E-state index < -0.39 is 17.8 Å². The fraction of sp³-hybridized carbons (Fsp3) is 0.464. The van der Waals surface area contributed by atoms with Crippen molar-refractivity contribution in [3.05, 3.63) is 71.3 Å². The fourth-order valence-corrected chi connectivity index (χ4v) is 5.12. The fourth-order valence-electron chi connectivity index (χ4n) is 5.12. The summed E-state index contributed by atoms with van der Waals surface area (Å²) >= 11 is 0. The number of hydrogen-bond acceptors (Lipinski definition) is 4. The zero-order chi connectivity index (χ0) is 27.3. The van der Waals surface area contributed by atoms with E-state index >= 15 is 0 Å². The van der Waals surface area contributed by atoms with Crippen LogP contribution in [0.25, 0.3) is 0 Å². The predicted octanol–water partition coefficient (Wildman–Crippen LogP) is 3.22. The van der Waals surface area contributed by atoms with Crippen molar-refractivity contribution in [2.45, 2.75) is 56.9 Å². The lowest BCUT2D eigenvalue weighted by molar-refractivity contribution is -0.151. The van der Waals surface area contributed by atoms with Crippen LogP contribution in [-0.4, -0.2) is 70.7 Å². The highest BCUT2D eigenvalue weighted by Gasteiger charge is 2.36. The lowest BCUT2D eigenvalue weighted by Gasteiger charge is -2.42. The van der Waals surface area contributed by atoms with Crippen LogP contribution in [0.4, 0.5) is 13.2 Å². The molecule has 2 saturated heterocycles. The monoisotopic (exact) mass is 530 g/mol. The molecule has 7 nitrogen and oxygen atoms in total. The Labute approximate surface area is 220 Å². The average molecular weight is 531 g/mol. The standard InChI is InChI=1S/C28H33F3N4O3/c29-28(30,31)22-9-4-8-21(14-22)15-35-24(13-12-20-6-2-1-3-7-20)17-34(19-27(35)38)26(37)18-33-16-23(32)10-5-11-25(33)36/h1-4,6-9,14,23-24H,5,10-13,15-19,32H2/t23?,24-/m0/s1. The van der Waals surface area contributed by atoms with E-state index in [1.807, 2.05) is 30.3 Å². The molecule has 2 aromatic rings. The summed E-state index contributed by atoms with van der Waals surface area (Å²) in [6.07, 6.45) is -1.58. The quantitative estimate of drug-likeness (QED) is 0.596. The van der Waals surface area contributed by atoms with Gasteiger partial charge < -0.3 is 20.4 Å². The van der Waals surface area contributed by atoms with Gasteiger partial charge in [-0.1, -0.05) is 42.5 Å². The molecule has 4 rings (SSSR count). The van der Waals surface area contributed by atoms with Crippen molar-refractivity contribution in [2.24, 2.45) is 5.73 Å². The molecule has 2 fully saturated rings. The molecule has 2 N–H and O–H groups in total. The molecular formula is C28H33F3N4O3. The van der Waals surface area contributed by atoms with E-state index in [9.17, 15) is 27.6 Å². The number of nitrogens with zero attached hydrogens (tertiary/aromatic N) is 3. The molecule has 0 bridgehead atoms. The van der Waals surface area contributed by atoms with E-state index in [4.69, 9.17) is 5.73 Å². The van der Waals surface area contributed by atoms with Crippen LogP contribution in [0.3, 0.4) is 0 Å². The minimum absolute atomic E-state index is 0.0176. The Kier molecular flexibility index (Phi) is 8.71. The third-order valence-corrected chi connectivity index (χ3v) is 7.19. The summed E-state index contributed by atoms with van der Waals surface area (Å²) in [5.74, 6) is -0.787. The maximum atomic E-state index is 13.3. The summed E-state index contributed by atoms with van der Waals surface area (Å²) in [5.41, 5.74) is 6.73. The topological polar surface area (TPSA) is 87.0 Å². The van der Waals surface area contributed by atoms with Crippen LogP contribution in [0.5, 0.6) is 0 Å². The predicted molar refractivity (Wildman–Crippen MR) is 136 cm³/mol. The number of rotatable bonds is 7. The summed E-state index contributed by atoms with van der Waals surface area (Å²) < 4.78 is 39.8. The Morgan fingerprint density at radius 2 is 1.71 bits per heavy atom. The van der Waals surface area contributed by atoms with Crippen LogP contribution in [-0.2, 0) is 33.5 Å². The van der Waals surface area contributed by atoms with Gasteiger partial charge in [-0.05, 0) is 48.9 Å². The zero-order valence-corrected chi connectivity index (χ0v) is 21.2. The molecule has 10 heteroatoms. The van der Waals surface area contributed by atoms with E-state index in [1.165, 1.54) is 15.9 Å². The van der Waals surface area contributed by atoms with Crippen molar-refractivity contribution in [3.63, 3.8) is 0 Å². The second-order valence-electron chi connectivity index (χ2n) is 10.1. The number of hydrogen-bond donors (Lipinski definition) is 1. The summed E-state index contributed by atoms with van der Waals surface area (Å²) in [7, 11) is 0. The van der Waals surface area contributed by atoms with Gasteiger partial charge in [-0.25, -0.2) is 0 Å². The molecule has 2 aliphatic rings. The van der Waals surface area contributed by atoms with Crippen LogP contribution in [0.15, 0.2) is 54.6 Å². The molecule has 0 aliphatic carbocycles. The van der Waals surface area contributed by atoms with Crippen molar-refractivity contribution in [3.8, 4) is 0 Å². The molecule has 38 heavy (non-hydrogen) atoms. The number of piperazine rings is 1. The van der Waals surface area contributed by atoms with E-state index in [1.54, 1.807) is 11.0 Å². The van der Waals surface area contributed by atoms with Gasteiger partial charge in [0.1, 0.15) is 0 Å². The van der Waals surface area contributed by atoms with Crippen LogP contribution in [0.1, 0.15) is 42.4 Å². The SMILES string of the molecule is NC1CCCC(=O)N(CC(=O)N2CC(=O)N(Cc3cccc(C(F)(F)F)c3)[C@@H](CCc3ccccc3)C2)C1. The van der Waals surface area contributed by atoms with Crippen molar-refractivity contribution < 1.29 is 27.6 Å². The Balaban J connectivity index is 1.50. The second-order valence-corrected chi connectivity index (χ2v) is 10.1. The number of alkyl halides is 3. The van der Waals surface area contributed by atoms with Gasteiger partial charge in [-0.2, -0.15) is 13.2 Å². The number of benzene rings is 2. The Morgan fingerprint density at radius 1 is 0.974 bits per heavy atom. The molecule has 0 saturated carbocycles. The number of halogens is 3. The lowest BCUT2D eigenvalue weighted by atomic mass is 10.00. The number of carbonyl (C=O) groups excluding carboxylic acids is 3. The van der Waals surface area contributed by atoms with Gasteiger partial charge in [-0.15, -0.1) is 0 Å². The number of amides is 3. The van der Waals surface area contributed by atoms with E-state index in [0.717, 1.165) is 17.7 Å². The number of likely N-dealkylation sites (tertiary alicyclic amines) is 1. The third-order valence-electron chi connectivity index (χ3n) is 7.19. The van der Waals surface area contributed by atoms with Gasteiger partial charge in [0.2, 0.25) is 17.7 Å². The normalized spacial score (nSPS) is 21.0. The van der Waals surface area contributed by atoms with Gasteiger partial charge in [0.05, 0.1) is 24.7 Å². The van der Waals surface area contributed by atoms with Gasteiger partial charge in [0, 0.05) is 32.1 Å². The van der Waals surface area contributed by atoms with Crippen LogP contribution >= 0.6 is 0 Å². The molecule has 0 spiro atoms. The van der Waals surface area contributed by atoms with E-state index in [0.29, 0.717) is 44.2 Å². The number of carbonyl (C=O) groups is 3. The Hall–Kier alpha value is -3.40. The van der Waals surface area contributed by atoms with Gasteiger partial charge in [0.25, 0.3) is 0 Å². The molecule has 2 atom stereocenters. The lowest BCUT2D eigenvalue weighted by Crippen LogP contribution is -2.59. The first-order valence-electron chi connectivity index (χ1n) is 12.9. The molecule has 2 aromatic carbocycles. The molecule has 2 heterocycles. The van der Waals surface area contributed by atoms with E-state index in [2.05, 4.69) is 0 Å². The van der Waals surface area contributed by atoms with E-state index in [-0.39, 0.29) is 49.9 Å². The molecule has 0 aromatic heterocycles. The molecule has 204 valence electrons. The van der Waals surface area contributed by atoms with Crippen molar-refractivity contribution in [2.75, 3.05) is 26.2 Å². The summed E-state index contributed by atoms with van der Waals surface area (Å²) in [5, 5.41) is 0. The second kappa shape index (κ2) is 12.0. The molecular weight excluding hydrogens is 497 g/mol. The van der Waals surface area contributed by atoms with Crippen molar-refractivity contribution in [1.82, 2.24) is 14.7 Å². The molecule has 1 unspecified atom stereocenters. The molecule has 2 aliphatic heterocycles. The first-order valence-corrected chi connectivity index (χ1v) is 12.9. The van der Waals surface area contributed by atoms with Gasteiger partial charge >= 0.3 is 6.18 Å². The first kappa shape index (κ1) is 27.6. The third kappa shape index (κ3) is 7.12. The minimum Gasteiger partial charge on any atom is -0.332 e. The smallest absolute Gasteiger partial charge is 0.332 e. The number of aryl methyl sites for hydroxylation is 1. The maximum Gasteiger partial charge on any atom is 0.416 e. The number of nitrogens with two attached hydrogens (primary N) is 1. The maximum absolute atomic E-state index is 13.3. The molecule has 3 amide bonds. The van der Waals surface area contributed by atoms with Crippen LogP contribution < -0.4 is 5.73 Å². The summed E-state index contributed by atoms with van der Waals surface area (Å²) in [4.78, 5) is 43.5. The Morgan fingerprint density at radius 3 is 2.45 bits per heavy atom. The Bertz CT molecular complexity index is 1140. The zero-order valence-electron chi connectivity index (χ0n) is 21.2.